The molecule has 6 nitrogen and oxygen atoms in total. The minimum absolute atomic E-state index is 0.123. The van der Waals surface area contributed by atoms with Gasteiger partial charge in [0.05, 0.1) is 0 Å². The van der Waals surface area contributed by atoms with E-state index in [1.54, 1.807) is 19.1 Å². The number of halogens is 1. The monoisotopic (exact) mass is 281 g/mol. The molecular weight excluding hydrogens is 269 g/mol. The van der Waals surface area contributed by atoms with Gasteiger partial charge in [0.25, 0.3) is 0 Å². The van der Waals surface area contributed by atoms with Gasteiger partial charge in [-0.2, -0.15) is 0 Å². The summed E-state index contributed by atoms with van der Waals surface area (Å²) in [7, 11) is 0. The summed E-state index contributed by atoms with van der Waals surface area (Å²) in [6.07, 6.45) is 0. The summed E-state index contributed by atoms with van der Waals surface area (Å²) in [6, 6.07) is 4.42. The minimum atomic E-state index is -0.413. The van der Waals surface area contributed by atoms with Crippen LogP contribution in [0.4, 0.5) is 4.39 Å². The number of nitrogens with zero attached hydrogens (tertiary/aromatic N) is 3. The lowest BCUT2D eigenvalue weighted by Crippen LogP contribution is -2.13. The summed E-state index contributed by atoms with van der Waals surface area (Å²) in [5.41, 5.74) is 6.22. The lowest BCUT2D eigenvalue weighted by Gasteiger charge is -2.04. The average molecular weight is 281 g/mol. The molecule has 100 valence electrons. The number of amidine groups is 1. The summed E-state index contributed by atoms with van der Waals surface area (Å²) in [4.78, 5) is 4.12. The number of aromatic nitrogens is 3. The maximum atomic E-state index is 13.8. The summed E-state index contributed by atoms with van der Waals surface area (Å²) in [5.74, 6) is 0.580. The lowest BCUT2D eigenvalue weighted by molar-refractivity contribution is 0.318. The predicted octanol–water partition coefficient (Wildman–Crippen LogP) is 1.64. The van der Waals surface area contributed by atoms with Gasteiger partial charge in [0.2, 0.25) is 5.16 Å². The van der Waals surface area contributed by atoms with E-state index in [2.05, 4.69) is 20.3 Å². The summed E-state index contributed by atoms with van der Waals surface area (Å²) in [6.45, 7) is 1.80. The number of H-pyrrole nitrogens is 1. The molecule has 0 unspecified atom stereocenters. The maximum Gasteiger partial charge on any atom is 0.208 e. The van der Waals surface area contributed by atoms with E-state index >= 15 is 0 Å². The first-order chi connectivity index (χ1) is 9.10. The second-order valence-corrected chi connectivity index (χ2v) is 4.73. The Balaban J connectivity index is 2.09. The van der Waals surface area contributed by atoms with Gasteiger partial charge in [-0.05, 0) is 18.6 Å². The van der Waals surface area contributed by atoms with Gasteiger partial charge in [-0.1, -0.05) is 29.1 Å². The van der Waals surface area contributed by atoms with Crippen molar-refractivity contribution in [2.45, 2.75) is 17.8 Å². The van der Waals surface area contributed by atoms with E-state index < -0.39 is 5.82 Å². The first-order valence-corrected chi connectivity index (χ1v) is 6.37. The molecule has 0 aliphatic carbocycles. The molecule has 0 saturated carbocycles. The van der Waals surface area contributed by atoms with Crippen molar-refractivity contribution in [3.05, 3.63) is 41.0 Å². The van der Waals surface area contributed by atoms with Crippen LogP contribution in [-0.2, 0) is 5.75 Å². The summed E-state index contributed by atoms with van der Waals surface area (Å²) >= 11 is 1.32. The quantitative estimate of drug-likeness (QED) is 0.260. The van der Waals surface area contributed by atoms with Crippen LogP contribution in [0.15, 0.2) is 28.5 Å². The van der Waals surface area contributed by atoms with Crippen LogP contribution in [-0.4, -0.2) is 26.2 Å². The van der Waals surface area contributed by atoms with E-state index in [-0.39, 0.29) is 5.84 Å². The topological polar surface area (TPSA) is 100 Å². The van der Waals surface area contributed by atoms with Crippen LogP contribution in [0.1, 0.15) is 17.0 Å². The lowest BCUT2D eigenvalue weighted by atomic mass is 10.1. The van der Waals surface area contributed by atoms with Gasteiger partial charge in [-0.25, -0.2) is 9.37 Å². The third-order valence-corrected chi connectivity index (χ3v) is 3.29. The van der Waals surface area contributed by atoms with E-state index in [1.165, 1.54) is 17.8 Å². The molecule has 8 heteroatoms. The van der Waals surface area contributed by atoms with Crippen molar-refractivity contribution in [2.24, 2.45) is 10.9 Å². The van der Waals surface area contributed by atoms with Crippen molar-refractivity contribution >= 4 is 17.6 Å². The fourth-order valence-corrected chi connectivity index (χ4v) is 2.24. The molecule has 4 N–H and O–H groups in total. The fourth-order valence-electron chi connectivity index (χ4n) is 1.41. The second kappa shape index (κ2) is 5.70. The molecular formula is C11H12FN5OS. The maximum absolute atomic E-state index is 13.8. The van der Waals surface area contributed by atoms with Gasteiger partial charge in [0.15, 0.2) is 5.84 Å². The molecule has 1 aromatic carbocycles. The molecule has 0 aliphatic rings. The largest absolute Gasteiger partial charge is 0.409 e. The highest BCUT2D eigenvalue weighted by Gasteiger charge is 2.08. The molecule has 0 atom stereocenters. The van der Waals surface area contributed by atoms with E-state index in [0.717, 1.165) is 0 Å². The zero-order chi connectivity index (χ0) is 13.8. The SMILES string of the molecule is Cc1nc(SCc2ccc(/C(N)=N/O)cc2F)n[nH]1. The van der Waals surface area contributed by atoms with Crippen molar-refractivity contribution in [3.63, 3.8) is 0 Å². The number of thioether (sulfide) groups is 1. The number of oxime groups is 1. The van der Waals surface area contributed by atoms with E-state index in [9.17, 15) is 4.39 Å². The zero-order valence-electron chi connectivity index (χ0n) is 10.1. The molecule has 19 heavy (non-hydrogen) atoms. The van der Waals surface area contributed by atoms with E-state index in [4.69, 9.17) is 10.9 Å². The molecule has 0 saturated heterocycles. The number of aromatic amines is 1. The molecule has 1 aromatic heterocycles. The third-order valence-electron chi connectivity index (χ3n) is 2.39. The molecule has 0 aliphatic heterocycles. The standard InChI is InChI=1S/C11H12FN5OS/c1-6-14-11(16-15-6)19-5-8-3-2-7(4-9(8)12)10(13)17-18/h2-4,18H,5H2,1H3,(H2,13,17)(H,14,15,16). The fraction of sp³-hybridized carbons (Fsp3) is 0.182. The van der Waals surface area contributed by atoms with Crippen molar-refractivity contribution in [1.29, 1.82) is 0 Å². The minimum Gasteiger partial charge on any atom is -0.409 e. The van der Waals surface area contributed by atoms with Crippen molar-refractivity contribution in [3.8, 4) is 0 Å². The van der Waals surface area contributed by atoms with Crippen LogP contribution in [0.5, 0.6) is 0 Å². The Morgan fingerprint density at radius 3 is 2.95 bits per heavy atom. The molecule has 2 aromatic rings. The molecule has 0 bridgehead atoms. The highest BCUT2D eigenvalue weighted by atomic mass is 32.2. The molecule has 2 rings (SSSR count). The summed E-state index contributed by atoms with van der Waals surface area (Å²) in [5, 5.41) is 18.6. The van der Waals surface area contributed by atoms with Crippen LogP contribution < -0.4 is 5.73 Å². The number of nitrogens with two attached hydrogens (primary N) is 1. The Labute approximate surface area is 112 Å². The zero-order valence-corrected chi connectivity index (χ0v) is 10.9. The number of nitrogens with one attached hydrogen (secondary N) is 1. The molecule has 0 fully saturated rings. The third kappa shape index (κ3) is 3.22. The molecule has 0 amide bonds. The number of rotatable bonds is 4. The van der Waals surface area contributed by atoms with Crippen molar-refractivity contribution in [1.82, 2.24) is 15.2 Å². The van der Waals surface area contributed by atoms with Crippen LogP contribution in [0.25, 0.3) is 0 Å². The molecule has 1 heterocycles. The summed E-state index contributed by atoms with van der Waals surface area (Å²) < 4.78 is 13.8. The van der Waals surface area contributed by atoms with Crippen LogP contribution in [0.3, 0.4) is 0 Å². The van der Waals surface area contributed by atoms with Crippen molar-refractivity contribution < 1.29 is 9.60 Å². The van der Waals surface area contributed by atoms with E-state index in [0.29, 0.717) is 27.9 Å². The highest BCUT2D eigenvalue weighted by Crippen LogP contribution is 2.21. The average Bonchev–Trinajstić information content (AvgIpc) is 2.82. The Bertz CT molecular complexity index is 613. The highest BCUT2D eigenvalue weighted by molar-refractivity contribution is 7.98. The van der Waals surface area contributed by atoms with Crippen LogP contribution >= 0.6 is 11.8 Å². The Morgan fingerprint density at radius 2 is 2.37 bits per heavy atom. The van der Waals surface area contributed by atoms with Gasteiger partial charge in [0, 0.05) is 11.3 Å². The first-order valence-electron chi connectivity index (χ1n) is 5.38. The number of benzene rings is 1. The van der Waals surface area contributed by atoms with Crippen LogP contribution in [0, 0.1) is 12.7 Å². The number of hydrogen-bond acceptors (Lipinski definition) is 5. The van der Waals surface area contributed by atoms with Gasteiger partial charge in [-0.3, -0.25) is 5.10 Å². The Kier molecular flexibility index (Phi) is 4.00. The van der Waals surface area contributed by atoms with Crippen LogP contribution in [0.2, 0.25) is 0 Å². The van der Waals surface area contributed by atoms with Crippen molar-refractivity contribution in [2.75, 3.05) is 0 Å². The molecule has 0 spiro atoms. The first kappa shape index (κ1) is 13.3. The Hall–Kier alpha value is -2.09. The van der Waals surface area contributed by atoms with Gasteiger partial charge in [0.1, 0.15) is 11.6 Å². The predicted molar refractivity (Wildman–Crippen MR) is 69.6 cm³/mol. The smallest absolute Gasteiger partial charge is 0.208 e. The Morgan fingerprint density at radius 1 is 1.58 bits per heavy atom. The second-order valence-electron chi connectivity index (χ2n) is 3.78. The van der Waals surface area contributed by atoms with Gasteiger partial charge < -0.3 is 10.9 Å². The number of hydrogen-bond donors (Lipinski definition) is 3. The number of aryl methyl sites for hydroxylation is 1. The van der Waals surface area contributed by atoms with Gasteiger partial charge >= 0.3 is 0 Å². The van der Waals surface area contributed by atoms with Gasteiger partial charge in [-0.15, -0.1) is 5.10 Å². The normalized spacial score (nSPS) is 11.8. The molecule has 0 radical (unpaired) electrons. The van der Waals surface area contributed by atoms with E-state index in [1.807, 2.05) is 0 Å².